The van der Waals surface area contributed by atoms with Crippen LogP contribution in [-0.4, -0.2) is 15.5 Å². The van der Waals surface area contributed by atoms with Crippen molar-refractivity contribution >= 4 is 29.0 Å². The highest BCUT2D eigenvalue weighted by Crippen LogP contribution is 2.34. The number of hydrogen-bond donors (Lipinski definition) is 1. The number of carbonyl (C=O) groups is 1. The fourth-order valence-corrected chi connectivity index (χ4v) is 3.30. The summed E-state index contributed by atoms with van der Waals surface area (Å²) in [5.74, 6) is 0.577. The van der Waals surface area contributed by atoms with Crippen molar-refractivity contribution in [1.29, 1.82) is 0 Å². The number of benzene rings is 1. The minimum absolute atomic E-state index is 0.122. The predicted octanol–water partition coefficient (Wildman–Crippen LogP) is 3.86. The van der Waals surface area contributed by atoms with E-state index in [4.69, 9.17) is 21.1 Å². The number of anilines is 1. The Morgan fingerprint density at radius 2 is 2.15 bits per heavy atom. The first-order valence-electron chi connectivity index (χ1n) is 8.34. The Kier molecular flexibility index (Phi) is 4.24. The Hall–Kier alpha value is -3.06. The highest BCUT2D eigenvalue weighted by atomic mass is 35.5. The second kappa shape index (κ2) is 6.59. The summed E-state index contributed by atoms with van der Waals surface area (Å²) >= 11 is 6.20. The van der Waals surface area contributed by atoms with Gasteiger partial charge in [-0.15, -0.1) is 0 Å². The number of ether oxygens (including phenoxy) is 2. The Morgan fingerprint density at radius 3 is 2.96 bits per heavy atom. The molecule has 3 aromatic rings. The average molecular weight is 386 g/mol. The van der Waals surface area contributed by atoms with Crippen LogP contribution < -0.4 is 15.6 Å². The molecule has 0 aliphatic carbocycles. The molecular formula is C19H16ClN3O4. The number of carbonyl (C=O) groups excluding carboxylic acids is 1. The molecule has 1 unspecified atom stereocenters. The molecule has 138 valence electrons. The van der Waals surface area contributed by atoms with E-state index in [-0.39, 0.29) is 12.2 Å². The number of hydrogen-bond acceptors (Lipinski definition) is 5. The second-order valence-corrected chi connectivity index (χ2v) is 6.72. The van der Waals surface area contributed by atoms with Crippen molar-refractivity contribution in [3.05, 3.63) is 68.7 Å². The van der Waals surface area contributed by atoms with Gasteiger partial charge in [0.2, 0.25) is 0 Å². The van der Waals surface area contributed by atoms with Gasteiger partial charge in [0.05, 0.1) is 16.3 Å². The molecule has 0 saturated heterocycles. The number of pyridine rings is 1. The normalized spacial score (nSPS) is 14.3. The van der Waals surface area contributed by atoms with Gasteiger partial charge in [-0.05, 0) is 32.0 Å². The maximum atomic E-state index is 12.3. The molecule has 1 atom stereocenters. The molecule has 1 aliphatic rings. The molecule has 1 aliphatic heterocycles. The number of rotatable bonds is 3. The molecule has 0 bridgehead atoms. The van der Waals surface area contributed by atoms with Gasteiger partial charge in [0, 0.05) is 23.5 Å². The zero-order valence-corrected chi connectivity index (χ0v) is 15.4. The minimum atomic E-state index is -0.493. The van der Waals surface area contributed by atoms with E-state index in [0.717, 1.165) is 5.56 Å². The van der Waals surface area contributed by atoms with Crippen LogP contribution in [0.25, 0.3) is 5.65 Å². The largest absolute Gasteiger partial charge is 0.485 e. The van der Waals surface area contributed by atoms with E-state index < -0.39 is 12.2 Å². The highest BCUT2D eigenvalue weighted by Gasteiger charge is 2.22. The molecule has 4 rings (SSSR count). The van der Waals surface area contributed by atoms with Gasteiger partial charge in [0.1, 0.15) is 24.1 Å². The van der Waals surface area contributed by atoms with Crippen LogP contribution in [-0.2, 0) is 11.3 Å². The average Bonchev–Trinajstić information content (AvgIpc) is 2.61. The molecule has 0 fully saturated rings. The lowest BCUT2D eigenvalue weighted by Gasteiger charge is -2.23. The Balaban J connectivity index is 1.77. The van der Waals surface area contributed by atoms with Gasteiger partial charge in [0.15, 0.2) is 0 Å². The summed E-state index contributed by atoms with van der Waals surface area (Å²) in [4.78, 5) is 28.2. The monoisotopic (exact) mass is 385 g/mol. The van der Waals surface area contributed by atoms with Crippen molar-refractivity contribution in [3.63, 3.8) is 0 Å². The standard InChI is InChI=1S/C19H16ClN3O4/c1-10-6-17(24)23-8-12(20)7-13(18(23)21-10)11(2)27-16-5-3-4-15-14(16)9-26-19(25)22-15/h3-8,11H,9H2,1-2H3,(H,22,25). The van der Waals surface area contributed by atoms with Crippen molar-refractivity contribution in [2.24, 2.45) is 0 Å². The zero-order chi connectivity index (χ0) is 19.1. The van der Waals surface area contributed by atoms with Crippen molar-refractivity contribution in [1.82, 2.24) is 9.38 Å². The second-order valence-electron chi connectivity index (χ2n) is 6.29. The van der Waals surface area contributed by atoms with Gasteiger partial charge < -0.3 is 9.47 Å². The van der Waals surface area contributed by atoms with Gasteiger partial charge in [-0.1, -0.05) is 17.7 Å². The zero-order valence-electron chi connectivity index (χ0n) is 14.7. The highest BCUT2D eigenvalue weighted by molar-refractivity contribution is 6.30. The van der Waals surface area contributed by atoms with Crippen molar-refractivity contribution < 1.29 is 14.3 Å². The number of halogens is 1. The van der Waals surface area contributed by atoms with Crippen LogP contribution in [0.4, 0.5) is 10.5 Å². The Labute approximate surface area is 159 Å². The molecule has 0 radical (unpaired) electrons. The molecule has 7 nitrogen and oxygen atoms in total. The third kappa shape index (κ3) is 3.21. The van der Waals surface area contributed by atoms with E-state index in [1.807, 2.05) is 6.92 Å². The molecule has 1 aromatic carbocycles. The summed E-state index contributed by atoms with van der Waals surface area (Å²) in [6.07, 6.45) is 0.597. The maximum absolute atomic E-state index is 12.3. The van der Waals surface area contributed by atoms with Crippen LogP contribution >= 0.6 is 11.6 Å². The van der Waals surface area contributed by atoms with E-state index >= 15 is 0 Å². The minimum Gasteiger partial charge on any atom is -0.485 e. The third-order valence-corrected chi connectivity index (χ3v) is 4.55. The number of nitrogens with zero attached hydrogens (tertiary/aromatic N) is 2. The number of aryl methyl sites for hydroxylation is 1. The third-order valence-electron chi connectivity index (χ3n) is 4.34. The van der Waals surface area contributed by atoms with Crippen LogP contribution in [0.2, 0.25) is 5.02 Å². The molecule has 1 amide bonds. The molecule has 27 heavy (non-hydrogen) atoms. The van der Waals surface area contributed by atoms with Crippen LogP contribution in [0, 0.1) is 6.92 Å². The van der Waals surface area contributed by atoms with Crippen molar-refractivity contribution in [3.8, 4) is 5.75 Å². The molecule has 1 N–H and O–H groups in total. The van der Waals surface area contributed by atoms with Crippen LogP contribution in [0.3, 0.4) is 0 Å². The fraction of sp³-hybridized carbons (Fsp3) is 0.211. The van der Waals surface area contributed by atoms with E-state index in [0.29, 0.717) is 33.4 Å². The van der Waals surface area contributed by atoms with Crippen LogP contribution in [0.5, 0.6) is 5.75 Å². The van der Waals surface area contributed by atoms with E-state index in [2.05, 4.69) is 10.3 Å². The number of aromatic nitrogens is 2. The Morgan fingerprint density at radius 1 is 1.33 bits per heavy atom. The first kappa shape index (κ1) is 17.4. The summed E-state index contributed by atoms with van der Waals surface area (Å²) in [6, 6.07) is 8.56. The first-order chi connectivity index (χ1) is 12.9. The van der Waals surface area contributed by atoms with Gasteiger partial charge in [-0.25, -0.2) is 9.78 Å². The quantitative estimate of drug-likeness (QED) is 0.740. The maximum Gasteiger partial charge on any atom is 0.411 e. The van der Waals surface area contributed by atoms with Gasteiger partial charge in [0.25, 0.3) is 5.56 Å². The van der Waals surface area contributed by atoms with Crippen LogP contribution in [0.15, 0.2) is 41.3 Å². The predicted molar refractivity (Wildman–Crippen MR) is 101 cm³/mol. The van der Waals surface area contributed by atoms with E-state index in [9.17, 15) is 9.59 Å². The summed E-state index contributed by atoms with van der Waals surface area (Å²) in [7, 11) is 0. The van der Waals surface area contributed by atoms with Crippen molar-refractivity contribution in [2.45, 2.75) is 26.6 Å². The summed E-state index contributed by atoms with van der Waals surface area (Å²) in [5.41, 5.74) is 2.98. The number of amides is 1. The van der Waals surface area contributed by atoms with Gasteiger partial charge >= 0.3 is 6.09 Å². The van der Waals surface area contributed by atoms with Gasteiger partial charge in [-0.2, -0.15) is 0 Å². The van der Waals surface area contributed by atoms with E-state index in [1.165, 1.54) is 16.7 Å². The van der Waals surface area contributed by atoms with Crippen molar-refractivity contribution in [2.75, 3.05) is 5.32 Å². The first-order valence-corrected chi connectivity index (χ1v) is 8.72. The number of cyclic esters (lactones) is 1. The molecule has 0 spiro atoms. The SMILES string of the molecule is Cc1cc(=O)n2cc(Cl)cc(C(C)Oc3cccc4c3COC(=O)N4)c2n1. The summed E-state index contributed by atoms with van der Waals surface area (Å²) in [6.45, 7) is 3.73. The number of nitrogens with one attached hydrogen (secondary N) is 1. The summed E-state index contributed by atoms with van der Waals surface area (Å²) < 4.78 is 12.6. The molecule has 3 heterocycles. The Bertz CT molecular complexity index is 1130. The smallest absolute Gasteiger partial charge is 0.411 e. The van der Waals surface area contributed by atoms with Gasteiger partial charge in [-0.3, -0.25) is 14.5 Å². The lowest BCUT2D eigenvalue weighted by molar-refractivity contribution is 0.147. The lowest BCUT2D eigenvalue weighted by Crippen LogP contribution is -2.21. The topological polar surface area (TPSA) is 81.9 Å². The number of fused-ring (bicyclic) bond motifs is 2. The molecule has 2 aromatic heterocycles. The molecule has 0 saturated carbocycles. The molecule has 8 heteroatoms. The van der Waals surface area contributed by atoms with Crippen LogP contribution in [0.1, 0.15) is 29.8 Å². The summed E-state index contributed by atoms with van der Waals surface area (Å²) in [5, 5.41) is 3.06. The van der Waals surface area contributed by atoms with E-state index in [1.54, 1.807) is 31.2 Å². The molecular weight excluding hydrogens is 370 g/mol. The fourth-order valence-electron chi connectivity index (χ4n) is 3.09. The lowest BCUT2D eigenvalue weighted by atomic mass is 10.1.